The maximum absolute atomic E-state index is 8.51. The van der Waals surface area contributed by atoms with Crippen molar-refractivity contribution in [3.8, 4) is 0 Å². The minimum absolute atomic E-state index is 0.302. The average molecular weight is 228 g/mol. The van der Waals surface area contributed by atoms with E-state index in [0.717, 1.165) is 26.2 Å². The summed E-state index contributed by atoms with van der Waals surface area (Å²) in [7, 11) is 0. The van der Waals surface area contributed by atoms with E-state index in [0.29, 0.717) is 18.4 Å². The minimum Gasteiger partial charge on any atom is -0.409 e. The molecule has 0 aromatic carbocycles. The minimum atomic E-state index is 0.302. The molecule has 0 unspecified atom stereocenters. The lowest BCUT2D eigenvalue weighted by atomic mass is 10.1. The molecule has 16 heavy (non-hydrogen) atoms. The lowest BCUT2D eigenvalue weighted by molar-refractivity contribution is 0.100. The summed E-state index contributed by atoms with van der Waals surface area (Å²) in [6.07, 6.45) is 2.44. The molecule has 1 fully saturated rings. The van der Waals surface area contributed by atoms with Crippen LogP contribution in [0.15, 0.2) is 5.16 Å². The largest absolute Gasteiger partial charge is 0.409 e. The smallest absolute Gasteiger partial charge is 0.153 e. The Balaban J connectivity index is 2.33. The van der Waals surface area contributed by atoms with Gasteiger partial charge in [-0.15, -0.1) is 0 Å². The van der Waals surface area contributed by atoms with Crippen molar-refractivity contribution >= 4 is 5.84 Å². The highest BCUT2D eigenvalue weighted by atomic mass is 16.4. The Hall–Kier alpha value is -0.810. The van der Waals surface area contributed by atoms with Gasteiger partial charge in [0.1, 0.15) is 0 Å². The maximum atomic E-state index is 8.51. The Bertz CT molecular complexity index is 220. The predicted molar refractivity (Wildman–Crippen MR) is 65.8 cm³/mol. The van der Waals surface area contributed by atoms with Gasteiger partial charge in [-0.3, -0.25) is 9.80 Å². The lowest BCUT2D eigenvalue weighted by Crippen LogP contribution is -2.51. The van der Waals surface area contributed by atoms with Crippen molar-refractivity contribution in [2.24, 2.45) is 10.9 Å². The fourth-order valence-electron chi connectivity index (χ4n) is 2.35. The molecule has 0 radical (unpaired) electrons. The highest BCUT2D eigenvalue weighted by Crippen LogP contribution is 2.11. The quantitative estimate of drug-likeness (QED) is 0.312. The van der Waals surface area contributed by atoms with Gasteiger partial charge in [0.15, 0.2) is 5.84 Å². The normalized spacial score (nSPS) is 20.6. The first kappa shape index (κ1) is 13.3. The molecule has 0 bridgehead atoms. The van der Waals surface area contributed by atoms with Crippen molar-refractivity contribution in [3.05, 3.63) is 0 Å². The van der Waals surface area contributed by atoms with Crippen molar-refractivity contribution in [1.82, 2.24) is 9.80 Å². The van der Waals surface area contributed by atoms with Gasteiger partial charge in [-0.25, -0.2) is 0 Å². The monoisotopic (exact) mass is 228 g/mol. The van der Waals surface area contributed by atoms with E-state index in [-0.39, 0.29) is 0 Å². The van der Waals surface area contributed by atoms with Gasteiger partial charge in [-0.1, -0.05) is 19.0 Å². The fourth-order valence-corrected chi connectivity index (χ4v) is 2.35. The Morgan fingerprint density at radius 2 is 1.81 bits per heavy atom. The number of amidine groups is 1. The molecule has 0 saturated carbocycles. The number of nitrogens with two attached hydrogens (primary N) is 1. The molecule has 0 amide bonds. The third-order valence-corrected chi connectivity index (χ3v) is 3.38. The van der Waals surface area contributed by atoms with Crippen molar-refractivity contribution < 1.29 is 5.21 Å². The van der Waals surface area contributed by atoms with Crippen LogP contribution in [0.4, 0.5) is 0 Å². The Kier molecular flexibility index (Phi) is 5.55. The number of nitrogens with zero attached hydrogens (tertiary/aromatic N) is 3. The van der Waals surface area contributed by atoms with E-state index >= 15 is 0 Å². The molecular weight excluding hydrogens is 204 g/mol. The number of oxime groups is 1. The summed E-state index contributed by atoms with van der Waals surface area (Å²) in [5.41, 5.74) is 5.50. The molecule has 1 saturated heterocycles. The average Bonchev–Trinajstić information content (AvgIpc) is 2.32. The van der Waals surface area contributed by atoms with Crippen LogP contribution in [0.1, 0.15) is 26.7 Å². The van der Waals surface area contributed by atoms with Gasteiger partial charge in [-0.2, -0.15) is 0 Å². The summed E-state index contributed by atoms with van der Waals surface area (Å²) < 4.78 is 0. The van der Waals surface area contributed by atoms with Crippen LogP contribution in [0.25, 0.3) is 0 Å². The van der Waals surface area contributed by atoms with Crippen LogP contribution in [0.5, 0.6) is 0 Å². The second-order valence-corrected chi connectivity index (χ2v) is 4.37. The van der Waals surface area contributed by atoms with Crippen LogP contribution < -0.4 is 5.73 Å². The van der Waals surface area contributed by atoms with Crippen LogP contribution in [-0.4, -0.2) is 59.6 Å². The van der Waals surface area contributed by atoms with Crippen molar-refractivity contribution in [2.45, 2.75) is 32.7 Å². The van der Waals surface area contributed by atoms with E-state index in [9.17, 15) is 0 Å². The second kappa shape index (κ2) is 6.70. The van der Waals surface area contributed by atoms with Gasteiger partial charge in [0.25, 0.3) is 0 Å². The zero-order valence-electron chi connectivity index (χ0n) is 10.4. The molecule has 94 valence electrons. The van der Waals surface area contributed by atoms with Crippen LogP contribution in [0.2, 0.25) is 0 Å². The molecule has 0 atom stereocenters. The Labute approximate surface area is 97.9 Å². The Morgan fingerprint density at radius 1 is 1.25 bits per heavy atom. The molecule has 0 aromatic heterocycles. The summed E-state index contributed by atoms with van der Waals surface area (Å²) in [5.74, 6) is 0.302. The zero-order valence-corrected chi connectivity index (χ0v) is 10.4. The number of hydrogen-bond donors (Lipinski definition) is 2. The number of hydrogen-bond acceptors (Lipinski definition) is 4. The third kappa shape index (κ3) is 3.64. The molecule has 0 aromatic rings. The molecule has 5 heteroatoms. The van der Waals surface area contributed by atoms with E-state index in [1.54, 1.807) is 0 Å². The highest BCUT2D eigenvalue weighted by molar-refractivity contribution is 5.81. The summed E-state index contributed by atoms with van der Waals surface area (Å²) in [6.45, 7) is 9.26. The third-order valence-electron chi connectivity index (χ3n) is 3.38. The molecule has 5 nitrogen and oxygen atoms in total. The van der Waals surface area contributed by atoms with Crippen molar-refractivity contribution in [3.63, 3.8) is 0 Å². The van der Waals surface area contributed by atoms with E-state index < -0.39 is 0 Å². The van der Waals surface area contributed by atoms with Gasteiger partial charge in [-0.05, 0) is 12.8 Å². The molecule has 1 heterocycles. The van der Waals surface area contributed by atoms with Crippen LogP contribution in [0.3, 0.4) is 0 Å². The first-order valence-electron chi connectivity index (χ1n) is 6.14. The van der Waals surface area contributed by atoms with Crippen LogP contribution >= 0.6 is 0 Å². The molecule has 0 spiro atoms. The van der Waals surface area contributed by atoms with Crippen molar-refractivity contribution in [1.29, 1.82) is 0 Å². The van der Waals surface area contributed by atoms with E-state index in [1.807, 2.05) is 0 Å². The molecule has 1 rings (SSSR count). The van der Waals surface area contributed by atoms with Gasteiger partial charge in [0.2, 0.25) is 0 Å². The first-order valence-corrected chi connectivity index (χ1v) is 6.14. The van der Waals surface area contributed by atoms with E-state index in [1.165, 1.54) is 12.8 Å². The van der Waals surface area contributed by atoms with Gasteiger partial charge >= 0.3 is 0 Å². The summed E-state index contributed by atoms with van der Waals surface area (Å²) in [5, 5.41) is 11.5. The molecular formula is C11H24N4O. The summed E-state index contributed by atoms with van der Waals surface area (Å²) in [6, 6.07) is 0.714. The topological polar surface area (TPSA) is 65.1 Å². The number of piperazine rings is 1. The SMILES string of the molecule is CCC(CC)N1CCN(CC(N)=NO)CC1. The fraction of sp³-hybridized carbons (Fsp3) is 0.909. The second-order valence-electron chi connectivity index (χ2n) is 4.37. The predicted octanol–water partition coefficient (Wildman–Crippen LogP) is 0.539. The number of rotatable bonds is 5. The lowest BCUT2D eigenvalue weighted by Gasteiger charge is -2.38. The van der Waals surface area contributed by atoms with Crippen LogP contribution in [-0.2, 0) is 0 Å². The van der Waals surface area contributed by atoms with E-state index in [2.05, 4.69) is 28.8 Å². The van der Waals surface area contributed by atoms with Gasteiger partial charge < -0.3 is 10.9 Å². The van der Waals surface area contributed by atoms with Crippen molar-refractivity contribution in [2.75, 3.05) is 32.7 Å². The summed E-state index contributed by atoms with van der Waals surface area (Å²) >= 11 is 0. The first-order chi connectivity index (χ1) is 7.71. The standard InChI is InChI=1S/C11H24N4O/c1-3-10(4-2)15-7-5-14(6-8-15)9-11(12)13-16/h10,16H,3-9H2,1-2H3,(H2,12,13). The Morgan fingerprint density at radius 3 is 2.25 bits per heavy atom. The molecule has 1 aliphatic heterocycles. The van der Waals surface area contributed by atoms with Gasteiger partial charge in [0.05, 0.1) is 6.54 Å². The molecule has 3 N–H and O–H groups in total. The maximum Gasteiger partial charge on any atom is 0.153 e. The highest BCUT2D eigenvalue weighted by Gasteiger charge is 2.21. The van der Waals surface area contributed by atoms with Crippen LogP contribution in [0, 0.1) is 0 Å². The zero-order chi connectivity index (χ0) is 12.0. The van der Waals surface area contributed by atoms with Gasteiger partial charge in [0, 0.05) is 32.2 Å². The van der Waals surface area contributed by atoms with E-state index in [4.69, 9.17) is 10.9 Å². The molecule has 1 aliphatic rings. The summed E-state index contributed by atoms with van der Waals surface area (Å²) in [4.78, 5) is 4.77. The molecule has 0 aliphatic carbocycles.